The van der Waals surface area contributed by atoms with Crippen LogP contribution in [-0.2, 0) is 0 Å². The molecule has 0 spiro atoms. The van der Waals surface area contributed by atoms with E-state index in [0.717, 1.165) is 16.5 Å². The van der Waals surface area contributed by atoms with Gasteiger partial charge in [0.1, 0.15) is 0 Å². The van der Waals surface area contributed by atoms with Crippen LogP contribution in [0.1, 0.15) is 47.9 Å². The van der Waals surface area contributed by atoms with Gasteiger partial charge in [-0.1, -0.05) is 53.9 Å². The first-order valence-corrected chi connectivity index (χ1v) is 8.16. The lowest BCUT2D eigenvalue weighted by atomic mass is 9.79. The van der Waals surface area contributed by atoms with E-state index in [1.807, 2.05) is 25.2 Å². The number of nitrogens with one attached hydrogen (secondary N) is 1. The molecule has 0 heterocycles. The van der Waals surface area contributed by atoms with Crippen LogP contribution >= 0.6 is 23.2 Å². The zero-order valence-corrected chi connectivity index (χ0v) is 13.6. The van der Waals surface area contributed by atoms with Gasteiger partial charge in [0.15, 0.2) is 0 Å². The maximum atomic E-state index is 6.36. The van der Waals surface area contributed by atoms with Crippen LogP contribution in [0.2, 0.25) is 10.0 Å². The predicted octanol–water partition coefficient (Wildman–Crippen LogP) is 5.57. The Morgan fingerprint density at radius 2 is 1.90 bits per heavy atom. The number of benzene rings is 2. The molecule has 1 fully saturated rings. The molecule has 0 aliphatic heterocycles. The second-order valence-electron chi connectivity index (χ2n) is 5.69. The van der Waals surface area contributed by atoms with E-state index in [0.29, 0.717) is 5.02 Å². The molecule has 3 heteroatoms. The molecule has 3 rings (SSSR count). The van der Waals surface area contributed by atoms with Crippen molar-refractivity contribution < 1.29 is 0 Å². The second kappa shape index (κ2) is 6.39. The van der Waals surface area contributed by atoms with Gasteiger partial charge in [0.25, 0.3) is 0 Å². The Labute approximate surface area is 136 Å². The zero-order valence-electron chi connectivity index (χ0n) is 12.1. The van der Waals surface area contributed by atoms with Gasteiger partial charge in [-0.05, 0) is 60.7 Å². The van der Waals surface area contributed by atoms with Crippen molar-refractivity contribution in [1.82, 2.24) is 5.32 Å². The highest BCUT2D eigenvalue weighted by Gasteiger charge is 2.21. The SMILES string of the molecule is CNC(c1cccc(C2CCC2)c1)c1cc(Cl)ccc1Cl. The molecule has 2 aromatic rings. The van der Waals surface area contributed by atoms with E-state index in [4.69, 9.17) is 23.2 Å². The molecule has 1 N–H and O–H groups in total. The number of hydrogen-bond acceptors (Lipinski definition) is 1. The number of halogens is 2. The van der Waals surface area contributed by atoms with Gasteiger partial charge in [-0.15, -0.1) is 0 Å². The van der Waals surface area contributed by atoms with Crippen LogP contribution in [-0.4, -0.2) is 7.05 Å². The van der Waals surface area contributed by atoms with Gasteiger partial charge in [0.2, 0.25) is 0 Å². The first kappa shape index (κ1) is 14.9. The second-order valence-corrected chi connectivity index (χ2v) is 6.53. The van der Waals surface area contributed by atoms with Crippen molar-refractivity contribution >= 4 is 23.2 Å². The normalized spacial score (nSPS) is 16.5. The van der Waals surface area contributed by atoms with Crippen LogP contribution in [0.15, 0.2) is 42.5 Å². The van der Waals surface area contributed by atoms with E-state index in [-0.39, 0.29) is 6.04 Å². The fraction of sp³-hybridized carbons (Fsp3) is 0.333. The summed E-state index contributed by atoms with van der Waals surface area (Å²) >= 11 is 12.5. The van der Waals surface area contributed by atoms with Crippen LogP contribution in [0.3, 0.4) is 0 Å². The summed E-state index contributed by atoms with van der Waals surface area (Å²) in [5.74, 6) is 0.734. The van der Waals surface area contributed by atoms with E-state index in [2.05, 4.69) is 29.6 Å². The lowest BCUT2D eigenvalue weighted by Gasteiger charge is -2.27. The van der Waals surface area contributed by atoms with Crippen LogP contribution in [0.5, 0.6) is 0 Å². The van der Waals surface area contributed by atoms with E-state index in [1.54, 1.807) is 0 Å². The average molecular weight is 320 g/mol. The summed E-state index contributed by atoms with van der Waals surface area (Å²) in [5.41, 5.74) is 3.71. The summed E-state index contributed by atoms with van der Waals surface area (Å²) in [6.07, 6.45) is 3.97. The van der Waals surface area contributed by atoms with Crippen LogP contribution in [0.4, 0.5) is 0 Å². The molecular formula is C18H19Cl2N. The molecule has 0 amide bonds. The molecule has 0 aromatic heterocycles. The Morgan fingerprint density at radius 3 is 2.57 bits per heavy atom. The third-order valence-electron chi connectivity index (χ3n) is 4.38. The van der Waals surface area contributed by atoms with Crippen LogP contribution in [0.25, 0.3) is 0 Å². The topological polar surface area (TPSA) is 12.0 Å². The fourth-order valence-corrected chi connectivity index (χ4v) is 3.38. The minimum absolute atomic E-state index is 0.0660. The largest absolute Gasteiger partial charge is 0.309 e. The minimum atomic E-state index is 0.0660. The van der Waals surface area contributed by atoms with Crippen molar-refractivity contribution in [3.8, 4) is 0 Å². The van der Waals surface area contributed by atoms with Crippen molar-refractivity contribution in [3.63, 3.8) is 0 Å². The van der Waals surface area contributed by atoms with Gasteiger partial charge in [0.05, 0.1) is 6.04 Å². The number of rotatable bonds is 4. The average Bonchev–Trinajstić information content (AvgIpc) is 2.42. The van der Waals surface area contributed by atoms with Gasteiger partial charge >= 0.3 is 0 Å². The summed E-state index contributed by atoms with van der Waals surface area (Å²) in [6, 6.07) is 14.5. The van der Waals surface area contributed by atoms with E-state index < -0.39 is 0 Å². The maximum Gasteiger partial charge on any atom is 0.0589 e. The van der Waals surface area contributed by atoms with Crippen LogP contribution < -0.4 is 5.32 Å². The Hall–Kier alpha value is -1.02. The molecule has 1 aliphatic carbocycles. The van der Waals surface area contributed by atoms with Gasteiger partial charge in [0, 0.05) is 10.0 Å². The summed E-state index contributed by atoms with van der Waals surface area (Å²) in [4.78, 5) is 0. The first-order chi connectivity index (χ1) is 10.2. The summed E-state index contributed by atoms with van der Waals surface area (Å²) in [7, 11) is 1.96. The monoisotopic (exact) mass is 319 g/mol. The zero-order chi connectivity index (χ0) is 14.8. The third kappa shape index (κ3) is 3.11. The highest BCUT2D eigenvalue weighted by atomic mass is 35.5. The molecule has 2 aromatic carbocycles. The first-order valence-electron chi connectivity index (χ1n) is 7.41. The molecular weight excluding hydrogens is 301 g/mol. The lowest BCUT2D eigenvalue weighted by Crippen LogP contribution is -2.19. The molecule has 110 valence electrons. The Bertz CT molecular complexity index is 635. The fourth-order valence-electron chi connectivity index (χ4n) is 2.97. The Balaban J connectivity index is 1.97. The molecule has 1 atom stereocenters. The van der Waals surface area contributed by atoms with Crippen molar-refractivity contribution in [1.29, 1.82) is 0 Å². The molecule has 0 radical (unpaired) electrons. The standard InChI is InChI=1S/C18H19Cl2N/c1-21-18(16-11-15(19)8-9-17(16)20)14-7-3-6-13(10-14)12-4-2-5-12/h3,6-12,18,21H,2,4-5H2,1H3. The lowest BCUT2D eigenvalue weighted by molar-refractivity contribution is 0.419. The van der Waals surface area contributed by atoms with Crippen molar-refractivity contribution in [3.05, 3.63) is 69.2 Å². The number of hydrogen-bond donors (Lipinski definition) is 1. The minimum Gasteiger partial charge on any atom is -0.309 e. The van der Waals surface area contributed by atoms with E-state index >= 15 is 0 Å². The van der Waals surface area contributed by atoms with Gasteiger partial charge in [-0.2, -0.15) is 0 Å². The van der Waals surface area contributed by atoms with Crippen molar-refractivity contribution in [2.45, 2.75) is 31.2 Å². The molecule has 0 saturated heterocycles. The quantitative estimate of drug-likeness (QED) is 0.776. The highest BCUT2D eigenvalue weighted by molar-refractivity contribution is 6.33. The van der Waals surface area contributed by atoms with Crippen molar-refractivity contribution in [2.24, 2.45) is 0 Å². The summed E-state index contributed by atoms with van der Waals surface area (Å²) in [6.45, 7) is 0. The molecule has 1 saturated carbocycles. The van der Waals surface area contributed by atoms with Gasteiger partial charge < -0.3 is 5.32 Å². The Kier molecular flexibility index (Phi) is 4.54. The van der Waals surface area contributed by atoms with E-state index in [1.165, 1.54) is 30.4 Å². The summed E-state index contributed by atoms with van der Waals surface area (Å²) in [5, 5.41) is 4.82. The Morgan fingerprint density at radius 1 is 1.10 bits per heavy atom. The highest BCUT2D eigenvalue weighted by Crippen LogP contribution is 2.38. The molecule has 1 unspecified atom stereocenters. The maximum absolute atomic E-state index is 6.36. The molecule has 1 aliphatic rings. The molecule has 21 heavy (non-hydrogen) atoms. The van der Waals surface area contributed by atoms with Gasteiger partial charge in [-0.25, -0.2) is 0 Å². The van der Waals surface area contributed by atoms with Crippen LogP contribution in [0, 0.1) is 0 Å². The smallest absolute Gasteiger partial charge is 0.0589 e. The third-order valence-corrected chi connectivity index (χ3v) is 4.96. The molecule has 1 nitrogen and oxygen atoms in total. The van der Waals surface area contributed by atoms with Crippen molar-refractivity contribution in [2.75, 3.05) is 7.05 Å². The molecule has 0 bridgehead atoms. The summed E-state index contributed by atoms with van der Waals surface area (Å²) < 4.78 is 0. The predicted molar refractivity (Wildman–Crippen MR) is 90.4 cm³/mol. The van der Waals surface area contributed by atoms with Gasteiger partial charge in [-0.3, -0.25) is 0 Å². The van der Waals surface area contributed by atoms with E-state index in [9.17, 15) is 0 Å².